The summed E-state index contributed by atoms with van der Waals surface area (Å²) in [4.78, 5) is 53.4. The van der Waals surface area contributed by atoms with Crippen LogP contribution >= 0.6 is 0 Å². The molecular weight excluding hydrogens is 512 g/mol. The number of benzene rings is 2. The monoisotopic (exact) mass is 550 g/mol. The molecule has 0 aliphatic carbocycles. The summed E-state index contributed by atoms with van der Waals surface area (Å²) in [5.41, 5.74) is 1.68. The Morgan fingerprint density at radius 2 is 1.68 bits per heavy atom. The second-order valence-corrected chi connectivity index (χ2v) is 9.72. The number of cyclic esters (lactones) is 1. The number of aliphatic hydroxyl groups excluding tert-OH is 1. The fraction of sp³-hybridized carbons (Fsp3) is 0.419. The van der Waals surface area contributed by atoms with E-state index in [-0.39, 0.29) is 45.1 Å². The molecule has 2 atom stereocenters. The topological polar surface area (TPSA) is 122 Å². The van der Waals surface area contributed by atoms with Gasteiger partial charge < -0.3 is 24.8 Å². The predicted octanol–water partition coefficient (Wildman–Crippen LogP) is 3.31. The first-order valence-electron chi connectivity index (χ1n) is 13.7. The van der Waals surface area contributed by atoms with Crippen LogP contribution in [0.4, 0.5) is 0 Å². The molecule has 9 nitrogen and oxygen atoms in total. The van der Waals surface area contributed by atoms with Crippen LogP contribution in [0.3, 0.4) is 0 Å². The zero-order chi connectivity index (χ0) is 28.6. The van der Waals surface area contributed by atoms with E-state index >= 15 is 0 Å². The highest BCUT2D eigenvalue weighted by atomic mass is 16.6. The quantitative estimate of drug-likeness (QED) is 0.363. The number of ether oxygens (including phenoxy) is 2. The fourth-order valence-electron chi connectivity index (χ4n) is 4.29. The number of esters is 2. The minimum Gasteiger partial charge on any atom is -0.463 e. The van der Waals surface area contributed by atoms with Crippen LogP contribution in [-0.4, -0.2) is 59.6 Å². The average Bonchev–Trinajstić information content (AvgIpc) is 2.97. The van der Waals surface area contributed by atoms with Gasteiger partial charge in [-0.1, -0.05) is 72.8 Å². The van der Waals surface area contributed by atoms with E-state index in [1.165, 1.54) is 4.90 Å². The summed E-state index contributed by atoms with van der Waals surface area (Å²) in [6.45, 7) is -0.146. The maximum atomic E-state index is 13.4. The van der Waals surface area contributed by atoms with Crippen molar-refractivity contribution in [1.29, 1.82) is 0 Å². The second-order valence-electron chi connectivity index (χ2n) is 9.72. The van der Waals surface area contributed by atoms with E-state index in [1.807, 2.05) is 60.7 Å². The van der Waals surface area contributed by atoms with Crippen molar-refractivity contribution >= 4 is 23.8 Å². The highest BCUT2D eigenvalue weighted by molar-refractivity contribution is 5.89. The normalized spacial score (nSPS) is 18.6. The van der Waals surface area contributed by atoms with Crippen LogP contribution in [0, 0.1) is 5.92 Å². The maximum absolute atomic E-state index is 13.4. The van der Waals surface area contributed by atoms with E-state index in [0.29, 0.717) is 19.4 Å². The molecule has 2 N–H and O–H groups in total. The van der Waals surface area contributed by atoms with Crippen LogP contribution in [0.5, 0.6) is 0 Å². The zero-order valence-corrected chi connectivity index (χ0v) is 22.7. The van der Waals surface area contributed by atoms with Crippen molar-refractivity contribution in [3.63, 3.8) is 0 Å². The molecule has 2 amide bonds. The first-order valence-corrected chi connectivity index (χ1v) is 13.7. The summed E-state index contributed by atoms with van der Waals surface area (Å²) < 4.78 is 10.7. The lowest BCUT2D eigenvalue weighted by Gasteiger charge is -2.25. The van der Waals surface area contributed by atoms with Crippen molar-refractivity contribution in [3.8, 4) is 0 Å². The number of aliphatic hydroxyl groups is 1. The average molecular weight is 551 g/mol. The van der Waals surface area contributed by atoms with E-state index in [9.17, 15) is 24.3 Å². The molecule has 0 saturated heterocycles. The highest BCUT2D eigenvalue weighted by Crippen LogP contribution is 2.17. The maximum Gasteiger partial charge on any atom is 0.332 e. The minimum absolute atomic E-state index is 0.000246. The molecule has 40 heavy (non-hydrogen) atoms. The first kappa shape index (κ1) is 30.6. The van der Waals surface area contributed by atoms with Gasteiger partial charge in [0.15, 0.2) is 6.04 Å². The third kappa shape index (κ3) is 10.6. The number of carbonyl (C=O) groups is 4. The molecule has 9 heteroatoms. The molecule has 1 aliphatic rings. The molecule has 0 radical (unpaired) electrons. The lowest BCUT2D eigenvalue weighted by atomic mass is 9.97. The van der Waals surface area contributed by atoms with E-state index in [0.717, 1.165) is 24.0 Å². The van der Waals surface area contributed by atoms with Crippen LogP contribution < -0.4 is 5.32 Å². The Morgan fingerprint density at radius 1 is 0.975 bits per heavy atom. The molecule has 3 rings (SSSR count). The molecular formula is C31H38N2O7. The molecule has 0 fully saturated rings. The molecule has 1 aliphatic heterocycles. The molecule has 2 unspecified atom stereocenters. The van der Waals surface area contributed by atoms with Crippen molar-refractivity contribution < 1.29 is 33.8 Å². The summed E-state index contributed by atoms with van der Waals surface area (Å²) >= 11 is 0. The van der Waals surface area contributed by atoms with Gasteiger partial charge in [-0.3, -0.25) is 14.4 Å². The van der Waals surface area contributed by atoms with Crippen LogP contribution in [0.15, 0.2) is 72.8 Å². The number of nitrogens with one attached hydrogen (secondary N) is 1. The number of nitrogens with zero attached hydrogens (tertiary/aromatic N) is 1. The second kappa shape index (κ2) is 16.9. The van der Waals surface area contributed by atoms with Crippen molar-refractivity contribution in [2.24, 2.45) is 5.92 Å². The van der Waals surface area contributed by atoms with E-state index in [1.54, 1.807) is 12.1 Å². The Kier molecular flexibility index (Phi) is 12.9. The van der Waals surface area contributed by atoms with Crippen LogP contribution in [0.25, 0.3) is 0 Å². The van der Waals surface area contributed by atoms with Gasteiger partial charge in [0, 0.05) is 25.9 Å². The van der Waals surface area contributed by atoms with Gasteiger partial charge in [0.25, 0.3) is 0 Å². The Morgan fingerprint density at radius 3 is 2.38 bits per heavy atom. The van der Waals surface area contributed by atoms with Gasteiger partial charge in [-0.05, 0) is 36.8 Å². The number of carbonyl (C=O) groups excluding carboxylic acids is 4. The molecule has 0 bridgehead atoms. The Hall–Kier alpha value is -3.98. The summed E-state index contributed by atoms with van der Waals surface area (Å²) in [5.74, 6) is -2.77. The number of rotatable bonds is 9. The van der Waals surface area contributed by atoms with Crippen LogP contribution in [0.1, 0.15) is 49.7 Å². The third-order valence-corrected chi connectivity index (χ3v) is 6.56. The Labute approximate surface area is 235 Å². The number of amides is 2. The number of hydrogen-bond acceptors (Lipinski definition) is 7. The van der Waals surface area contributed by atoms with E-state index in [2.05, 4.69) is 5.32 Å². The molecule has 0 spiro atoms. The minimum atomic E-state index is -1.22. The molecule has 214 valence electrons. The van der Waals surface area contributed by atoms with Gasteiger partial charge in [0.05, 0.1) is 12.5 Å². The molecule has 1 heterocycles. The summed E-state index contributed by atoms with van der Waals surface area (Å²) in [5, 5.41) is 12.2. The molecule has 2 aromatic carbocycles. The third-order valence-electron chi connectivity index (χ3n) is 6.56. The lowest BCUT2D eigenvalue weighted by molar-refractivity contribution is -0.155. The van der Waals surface area contributed by atoms with Crippen molar-refractivity contribution in [2.45, 2.75) is 57.7 Å². The predicted molar refractivity (Wildman–Crippen MR) is 148 cm³/mol. The lowest BCUT2D eigenvalue weighted by Crippen LogP contribution is -2.48. The van der Waals surface area contributed by atoms with Crippen molar-refractivity contribution in [2.75, 3.05) is 19.8 Å². The number of allylic oxidation sites excluding steroid dienone is 2. The van der Waals surface area contributed by atoms with E-state index < -0.39 is 29.8 Å². The number of hydrogen-bond donors (Lipinski definition) is 2. The SMILES string of the molecule is O=C1CCCCC=CCC(CC(=O)N(CCO)Cc2ccccc2)C(=O)NC(C(=O)OCc2ccccc2)CO1. The summed E-state index contributed by atoms with van der Waals surface area (Å²) in [6.07, 6.45) is 6.32. The Bertz CT molecular complexity index is 1120. The van der Waals surface area contributed by atoms with Gasteiger partial charge in [-0.15, -0.1) is 0 Å². The van der Waals surface area contributed by atoms with Gasteiger partial charge in [-0.2, -0.15) is 0 Å². The van der Waals surface area contributed by atoms with Gasteiger partial charge in [-0.25, -0.2) is 4.79 Å². The fourth-order valence-corrected chi connectivity index (χ4v) is 4.29. The summed E-state index contributed by atoms with van der Waals surface area (Å²) in [6, 6.07) is 17.3. The van der Waals surface area contributed by atoms with Crippen LogP contribution in [-0.2, 0) is 41.8 Å². The largest absolute Gasteiger partial charge is 0.463 e. The molecule has 0 saturated carbocycles. The zero-order valence-electron chi connectivity index (χ0n) is 22.7. The van der Waals surface area contributed by atoms with E-state index in [4.69, 9.17) is 9.47 Å². The molecule has 0 aromatic heterocycles. The van der Waals surface area contributed by atoms with Crippen LogP contribution in [0.2, 0.25) is 0 Å². The van der Waals surface area contributed by atoms with Gasteiger partial charge in [0.2, 0.25) is 11.8 Å². The van der Waals surface area contributed by atoms with Crippen molar-refractivity contribution in [1.82, 2.24) is 10.2 Å². The summed E-state index contributed by atoms with van der Waals surface area (Å²) in [7, 11) is 0. The highest BCUT2D eigenvalue weighted by Gasteiger charge is 2.30. The van der Waals surface area contributed by atoms with Crippen molar-refractivity contribution in [3.05, 3.63) is 83.9 Å². The Balaban J connectivity index is 1.74. The first-order chi connectivity index (χ1) is 19.5. The van der Waals surface area contributed by atoms with Gasteiger partial charge in [0.1, 0.15) is 13.2 Å². The smallest absolute Gasteiger partial charge is 0.332 e. The van der Waals surface area contributed by atoms with Gasteiger partial charge >= 0.3 is 11.9 Å². The standard InChI is InChI=1S/C31H38N2O7/c34-19-18-33(21-24-12-6-4-7-13-24)28(35)20-26-16-10-2-1-3-11-17-29(36)39-23-27(32-30(26)37)31(38)40-22-25-14-8-5-9-15-25/h2,4-10,12-15,26-27,34H,1,3,11,16-23H2,(H,32,37). The molecule has 2 aromatic rings.